The van der Waals surface area contributed by atoms with Gasteiger partial charge in [-0.2, -0.15) is 0 Å². The van der Waals surface area contributed by atoms with Crippen molar-refractivity contribution in [1.82, 2.24) is 14.8 Å². The van der Waals surface area contributed by atoms with Gasteiger partial charge in [0.25, 0.3) is 0 Å². The molecule has 2 rings (SSSR count). The molecule has 0 aliphatic rings. The first kappa shape index (κ1) is 14.9. The minimum absolute atomic E-state index is 0.0963. The molecule has 1 heterocycles. The Morgan fingerprint density at radius 2 is 2.15 bits per heavy atom. The van der Waals surface area contributed by atoms with E-state index in [4.69, 9.17) is 11.6 Å². The molecule has 1 amide bonds. The van der Waals surface area contributed by atoms with Gasteiger partial charge in [0.2, 0.25) is 5.91 Å². The SMILES string of the molecule is Cc1ccc(Cl)cc1NC(=O)CSc1nnc(C)n1C. The first-order chi connectivity index (χ1) is 9.47. The van der Waals surface area contributed by atoms with E-state index in [-0.39, 0.29) is 11.7 Å². The molecule has 1 N–H and O–H groups in total. The summed E-state index contributed by atoms with van der Waals surface area (Å²) in [4.78, 5) is 11.9. The average Bonchev–Trinajstić information content (AvgIpc) is 2.72. The highest BCUT2D eigenvalue weighted by atomic mass is 35.5. The Balaban J connectivity index is 1.96. The normalized spacial score (nSPS) is 10.6. The predicted molar refractivity (Wildman–Crippen MR) is 81.3 cm³/mol. The molecular formula is C13H15ClN4OS. The maximum Gasteiger partial charge on any atom is 0.234 e. The Kier molecular flexibility index (Phi) is 4.67. The number of nitrogens with one attached hydrogen (secondary N) is 1. The van der Waals surface area contributed by atoms with Crippen molar-refractivity contribution in [2.75, 3.05) is 11.1 Å². The lowest BCUT2D eigenvalue weighted by molar-refractivity contribution is -0.113. The zero-order chi connectivity index (χ0) is 14.7. The second-order valence-corrected chi connectivity index (χ2v) is 5.76. The molecule has 5 nitrogen and oxygen atoms in total. The molecule has 1 aromatic heterocycles. The summed E-state index contributed by atoms with van der Waals surface area (Å²) in [7, 11) is 1.87. The van der Waals surface area contributed by atoms with Crippen molar-refractivity contribution >= 4 is 35.0 Å². The van der Waals surface area contributed by atoms with Crippen LogP contribution in [-0.4, -0.2) is 26.4 Å². The van der Waals surface area contributed by atoms with Gasteiger partial charge in [-0.1, -0.05) is 29.4 Å². The molecule has 0 radical (unpaired) electrons. The third-order valence-electron chi connectivity index (χ3n) is 2.86. The topological polar surface area (TPSA) is 59.8 Å². The van der Waals surface area contributed by atoms with E-state index in [0.29, 0.717) is 5.02 Å². The fourth-order valence-electron chi connectivity index (χ4n) is 1.56. The fraction of sp³-hybridized carbons (Fsp3) is 0.308. The van der Waals surface area contributed by atoms with Gasteiger partial charge >= 0.3 is 0 Å². The summed E-state index contributed by atoms with van der Waals surface area (Å²) < 4.78 is 1.85. The lowest BCUT2D eigenvalue weighted by Crippen LogP contribution is -2.15. The van der Waals surface area contributed by atoms with E-state index in [9.17, 15) is 4.79 Å². The molecular weight excluding hydrogens is 296 g/mol. The van der Waals surface area contributed by atoms with Crippen molar-refractivity contribution in [2.45, 2.75) is 19.0 Å². The van der Waals surface area contributed by atoms with E-state index in [1.54, 1.807) is 12.1 Å². The molecule has 7 heteroatoms. The zero-order valence-electron chi connectivity index (χ0n) is 11.5. The number of carbonyl (C=O) groups excluding carboxylic acids is 1. The summed E-state index contributed by atoms with van der Waals surface area (Å²) in [6, 6.07) is 5.41. The van der Waals surface area contributed by atoms with Crippen LogP contribution in [0.1, 0.15) is 11.4 Å². The number of hydrogen-bond acceptors (Lipinski definition) is 4. The largest absolute Gasteiger partial charge is 0.325 e. The first-order valence-electron chi connectivity index (χ1n) is 6.02. The highest BCUT2D eigenvalue weighted by Crippen LogP contribution is 2.21. The lowest BCUT2D eigenvalue weighted by atomic mass is 10.2. The van der Waals surface area contributed by atoms with Crippen LogP contribution in [0.4, 0.5) is 5.69 Å². The molecule has 0 atom stereocenters. The number of amides is 1. The Bertz CT molecular complexity index is 641. The van der Waals surface area contributed by atoms with E-state index < -0.39 is 0 Å². The highest BCUT2D eigenvalue weighted by Gasteiger charge is 2.10. The highest BCUT2D eigenvalue weighted by molar-refractivity contribution is 7.99. The summed E-state index contributed by atoms with van der Waals surface area (Å²) >= 11 is 7.27. The molecule has 0 spiro atoms. The number of carbonyl (C=O) groups is 1. The minimum atomic E-state index is -0.0963. The number of benzene rings is 1. The van der Waals surface area contributed by atoms with Crippen LogP contribution in [0.25, 0.3) is 0 Å². The van der Waals surface area contributed by atoms with Gasteiger partial charge in [-0.3, -0.25) is 4.79 Å². The quantitative estimate of drug-likeness (QED) is 0.882. The van der Waals surface area contributed by atoms with Crippen LogP contribution in [0, 0.1) is 13.8 Å². The molecule has 0 unspecified atom stereocenters. The summed E-state index contributed by atoms with van der Waals surface area (Å²) in [6.45, 7) is 3.79. The van der Waals surface area contributed by atoms with Gasteiger partial charge in [-0.25, -0.2) is 0 Å². The molecule has 0 aliphatic carbocycles. The smallest absolute Gasteiger partial charge is 0.234 e. The van der Waals surface area contributed by atoms with Crippen LogP contribution in [0.5, 0.6) is 0 Å². The summed E-state index contributed by atoms with van der Waals surface area (Å²) in [5.74, 6) is 0.998. The van der Waals surface area contributed by atoms with E-state index in [1.165, 1.54) is 11.8 Å². The third-order valence-corrected chi connectivity index (χ3v) is 4.11. The fourth-order valence-corrected chi connectivity index (χ4v) is 2.49. The molecule has 0 bridgehead atoms. The number of hydrogen-bond donors (Lipinski definition) is 1. The maximum atomic E-state index is 11.9. The lowest BCUT2D eigenvalue weighted by Gasteiger charge is -2.08. The van der Waals surface area contributed by atoms with Gasteiger partial charge in [0, 0.05) is 17.8 Å². The average molecular weight is 311 g/mol. The summed E-state index contributed by atoms with van der Waals surface area (Å²) in [5.41, 5.74) is 1.71. The van der Waals surface area contributed by atoms with E-state index in [2.05, 4.69) is 15.5 Å². The van der Waals surface area contributed by atoms with Gasteiger partial charge in [-0.15, -0.1) is 10.2 Å². The van der Waals surface area contributed by atoms with Crippen LogP contribution in [0.2, 0.25) is 5.02 Å². The monoisotopic (exact) mass is 310 g/mol. The van der Waals surface area contributed by atoms with Crippen LogP contribution in [-0.2, 0) is 11.8 Å². The van der Waals surface area contributed by atoms with Crippen LogP contribution in [0.15, 0.2) is 23.4 Å². The van der Waals surface area contributed by atoms with Crippen molar-refractivity contribution in [2.24, 2.45) is 7.05 Å². The zero-order valence-corrected chi connectivity index (χ0v) is 13.0. The van der Waals surface area contributed by atoms with Crippen molar-refractivity contribution in [3.05, 3.63) is 34.6 Å². The van der Waals surface area contributed by atoms with E-state index >= 15 is 0 Å². The van der Waals surface area contributed by atoms with Gasteiger partial charge < -0.3 is 9.88 Å². The van der Waals surface area contributed by atoms with Crippen molar-refractivity contribution in [3.63, 3.8) is 0 Å². The number of aryl methyl sites for hydroxylation is 2. The Hall–Kier alpha value is -1.53. The van der Waals surface area contributed by atoms with Crippen LogP contribution >= 0.6 is 23.4 Å². The summed E-state index contributed by atoms with van der Waals surface area (Å²) in [5, 5.41) is 12.1. The number of halogens is 1. The second-order valence-electron chi connectivity index (χ2n) is 4.38. The van der Waals surface area contributed by atoms with Gasteiger partial charge in [0.15, 0.2) is 5.16 Å². The van der Waals surface area contributed by atoms with Crippen LogP contribution in [0.3, 0.4) is 0 Å². The Morgan fingerprint density at radius 1 is 1.40 bits per heavy atom. The van der Waals surface area contributed by atoms with E-state index in [1.807, 2.05) is 31.5 Å². The molecule has 1 aromatic carbocycles. The number of aromatic nitrogens is 3. The number of rotatable bonds is 4. The molecule has 0 saturated heterocycles. The molecule has 0 fully saturated rings. The molecule has 0 saturated carbocycles. The van der Waals surface area contributed by atoms with Crippen molar-refractivity contribution in [3.8, 4) is 0 Å². The van der Waals surface area contributed by atoms with Crippen molar-refractivity contribution in [1.29, 1.82) is 0 Å². The third kappa shape index (κ3) is 3.52. The van der Waals surface area contributed by atoms with Gasteiger partial charge in [0.1, 0.15) is 5.82 Å². The first-order valence-corrected chi connectivity index (χ1v) is 7.38. The Morgan fingerprint density at radius 3 is 2.80 bits per heavy atom. The standard InChI is InChI=1S/C13H15ClN4OS/c1-8-4-5-10(14)6-11(8)15-12(19)7-20-13-17-16-9(2)18(13)3/h4-6H,7H2,1-3H3,(H,15,19). The molecule has 2 aromatic rings. The van der Waals surface area contributed by atoms with E-state index in [0.717, 1.165) is 22.2 Å². The second kappa shape index (κ2) is 6.28. The van der Waals surface area contributed by atoms with Crippen LogP contribution < -0.4 is 5.32 Å². The van der Waals surface area contributed by atoms with Gasteiger partial charge in [0.05, 0.1) is 5.75 Å². The number of anilines is 1. The predicted octanol–water partition coefficient (Wildman–Crippen LogP) is 2.82. The van der Waals surface area contributed by atoms with Crippen molar-refractivity contribution < 1.29 is 4.79 Å². The molecule has 106 valence electrons. The number of thioether (sulfide) groups is 1. The maximum absolute atomic E-state index is 11.9. The minimum Gasteiger partial charge on any atom is -0.325 e. The van der Waals surface area contributed by atoms with Gasteiger partial charge in [-0.05, 0) is 31.5 Å². The number of nitrogens with zero attached hydrogens (tertiary/aromatic N) is 3. The Labute approximate surface area is 126 Å². The molecule has 20 heavy (non-hydrogen) atoms. The summed E-state index contributed by atoms with van der Waals surface area (Å²) in [6.07, 6.45) is 0. The molecule has 0 aliphatic heterocycles.